The van der Waals surface area contributed by atoms with Gasteiger partial charge in [-0.2, -0.15) is 8.61 Å². The zero-order valence-corrected chi connectivity index (χ0v) is 22.8. The molecule has 0 aromatic heterocycles. The number of hydrogen-bond acceptors (Lipinski definition) is 8. The highest BCUT2D eigenvalue weighted by Crippen LogP contribution is 2.26. The predicted molar refractivity (Wildman–Crippen MR) is 141 cm³/mol. The maximum absolute atomic E-state index is 13.0. The third kappa shape index (κ3) is 6.34. The van der Waals surface area contributed by atoms with Gasteiger partial charge in [0.2, 0.25) is 26.0 Å². The van der Waals surface area contributed by atoms with Gasteiger partial charge in [0.05, 0.1) is 29.4 Å². The van der Waals surface area contributed by atoms with Gasteiger partial charge >= 0.3 is 5.97 Å². The minimum absolute atomic E-state index is 0.0765. The summed E-state index contributed by atoms with van der Waals surface area (Å²) in [5.74, 6) is -1.24. The van der Waals surface area contributed by atoms with Crippen molar-refractivity contribution < 1.29 is 31.2 Å². The van der Waals surface area contributed by atoms with Crippen molar-refractivity contribution in [1.82, 2.24) is 8.61 Å². The first-order valence-corrected chi connectivity index (χ1v) is 15.3. The Morgan fingerprint density at radius 1 is 0.816 bits per heavy atom. The average Bonchev–Trinajstić information content (AvgIpc) is 3.48. The van der Waals surface area contributed by atoms with E-state index in [9.17, 15) is 26.4 Å². The maximum Gasteiger partial charge on any atom is 0.309 e. The largest absolute Gasteiger partial charge is 0.469 e. The fraction of sp³-hybridized carbons (Fsp3) is 0.440. The molecule has 2 fully saturated rings. The van der Waals surface area contributed by atoms with Crippen LogP contribution in [0.5, 0.6) is 0 Å². The molecule has 38 heavy (non-hydrogen) atoms. The number of sulfonamides is 2. The van der Waals surface area contributed by atoms with Crippen LogP contribution < -0.4 is 10.6 Å². The number of methoxy groups -OCH3 is 1. The van der Waals surface area contributed by atoms with E-state index in [0.29, 0.717) is 43.9 Å². The summed E-state index contributed by atoms with van der Waals surface area (Å²) in [6, 6.07) is 12.1. The van der Waals surface area contributed by atoms with Gasteiger partial charge in [-0.15, -0.1) is 0 Å². The van der Waals surface area contributed by atoms with Gasteiger partial charge in [-0.05, 0) is 74.2 Å². The van der Waals surface area contributed by atoms with Gasteiger partial charge in [0, 0.05) is 37.6 Å². The average molecular weight is 565 g/mol. The number of carbonyl (C=O) groups is 2. The summed E-state index contributed by atoms with van der Waals surface area (Å²) in [4.78, 5) is 24.5. The Morgan fingerprint density at radius 3 is 1.92 bits per heavy atom. The van der Waals surface area contributed by atoms with Crippen molar-refractivity contribution in [3.63, 3.8) is 0 Å². The Morgan fingerprint density at radius 2 is 1.34 bits per heavy atom. The Kier molecular flexibility index (Phi) is 8.71. The van der Waals surface area contributed by atoms with Crippen LogP contribution in [0.15, 0.2) is 58.3 Å². The van der Waals surface area contributed by atoms with Gasteiger partial charge in [-0.25, -0.2) is 16.8 Å². The summed E-state index contributed by atoms with van der Waals surface area (Å²) in [5.41, 5.74) is 1.02. The molecule has 2 aliphatic heterocycles. The number of nitrogens with one attached hydrogen (secondary N) is 2. The van der Waals surface area contributed by atoms with E-state index in [2.05, 4.69) is 10.6 Å². The lowest BCUT2D eigenvalue weighted by Crippen LogP contribution is -2.42. The Labute approximate surface area is 223 Å². The van der Waals surface area contributed by atoms with Gasteiger partial charge < -0.3 is 15.4 Å². The third-order valence-electron chi connectivity index (χ3n) is 6.70. The van der Waals surface area contributed by atoms with Crippen LogP contribution in [-0.2, 0) is 34.4 Å². The van der Waals surface area contributed by atoms with Crippen LogP contribution >= 0.6 is 0 Å². The van der Waals surface area contributed by atoms with E-state index >= 15 is 0 Å². The van der Waals surface area contributed by atoms with E-state index in [1.165, 1.54) is 40.0 Å². The van der Waals surface area contributed by atoms with Crippen LogP contribution in [0.1, 0.15) is 25.7 Å². The summed E-state index contributed by atoms with van der Waals surface area (Å²) in [6.07, 6.45) is 2.87. The minimum Gasteiger partial charge on any atom is -0.469 e. The molecule has 4 rings (SSSR count). The van der Waals surface area contributed by atoms with Crippen molar-refractivity contribution in [3.05, 3.63) is 48.5 Å². The smallest absolute Gasteiger partial charge is 0.309 e. The van der Waals surface area contributed by atoms with Crippen molar-refractivity contribution >= 4 is 43.3 Å². The van der Waals surface area contributed by atoms with Crippen LogP contribution in [0, 0.1) is 5.92 Å². The molecule has 2 aromatic carbocycles. The molecule has 0 saturated carbocycles. The highest BCUT2D eigenvalue weighted by atomic mass is 32.2. The summed E-state index contributed by atoms with van der Waals surface area (Å²) in [7, 11) is -6.00. The molecule has 2 aliphatic rings. The molecule has 2 N–H and O–H groups in total. The summed E-state index contributed by atoms with van der Waals surface area (Å²) in [5, 5.41) is 5.65. The number of ether oxygens (including phenoxy) is 1. The molecule has 0 radical (unpaired) electrons. The topological polar surface area (TPSA) is 142 Å². The van der Waals surface area contributed by atoms with E-state index in [1.807, 2.05) is 0 Å². The molecular formula is C25H32N4O7S2. The summed E-state index contributed by atoms with van der Waals surface area (Å²) >= 11 is 0. The van der Waals surface area contributed by atoms with E-state index < -0.39 is 31.9 Å². The second-order valence-corrected chi connectivity index (χ2v) is 13.2. The Balaban J connectivity index is 1.30. The first-order valence-electron chi connectivity index (χ1n) is 12.4. The fourth-order valence-corrected chi connectivity index (χ4v) is 7.63. The molecule has 206 valence electrons. The van der Waals surface area contributed by atoms with E-state index in [4.69, 9.17) is 4.74 Å². The van der Waals surface area contributed by atoms with Crippen LogP contribution in [0.4, 0.5) is 11.4 Å². The molecule has 2 aromatic rings. The summed E-state index contributed by atoms with van der Waals surface area (Å²) < 4.78 is 58.9. The zero-order chi connectivity index (χ0) is 27.3. The fourth-order valence-electron chi connectivity index (χ4n) is 4.59. The predicted octanol–water partition coefficient (Wildman–Crippen LogP) is 2.10. The highest BCUT2D eigenvalue weighted by molar-refractivity contribution is 7.89. The Bertz CT molecular complexity index is 1360. The van der Waals surface area contributed by atoms with Gasteiger partial charge in [-0.3, -0.25) is 9.59 Å². The Hall–Kier alpha value is -3.00. The molecule has 1 amide bonds. The van der Waals surface area contributed by atoms with Crippen LogP contribution in [0.25, 0.3) is 0 Å². The van der Waals surface area contributed by atoms with Crippen molar-refractivity contribution in [2.24, 2.45) is 5.92 Å². The third-order valence-corrected chi connectivity index (χ3v) is 10.5. The number of esters is 1. The molecule has 2 saturated heterocycles. The van der Waals surface area contributed by atoms with Gasteiger partial charge in [0.1, 0.15) is 0 Å². The van der Waals surface area contributed by atoms with Crippen LogP contribution in [-0.4, -0.2) is 77.2 Å². The van der Waals surface area contributed by atoms with Gasteiger partial charge in [0.25, 0.3) is 0 Å². The lowest BCUT2D eigenvalue weighted by Gasteiger charge is -2.30. The number of nitrogens with zero attached hydrogens (tertiary/aromatic N) is 2. The van der Waals surface area contributed by atoms with E-state index in [-0.39, 0.29) is 28.8 Å². The number of rotatable bonds is 9. The number of anilines is 2. The molecule has 13 heteroatoms. The highest BCUT2D eigenvalue weighted by Gasteiger charge is 2.33. The molecule has 11 nitrogen and oxygen atoms in total. The SMILES string of the molecule is COC(=O)[C@@H]1CCCN(S(=O)(=O)c2ccc(NCC(=O)Nc3ccc(S(=O)(=O)N4CCCC4)cc3)cc2)C1. The lowest BCUT2D eigenvalue weighted by molar-refractivity contribution is -0.146. The standard InChI is InChI=1S/C25H32N4O7S2/c1-36-25(31)19-5-4-16-29(18-19)38(34,35)23-10-6-20(7-11-23)26-17-24(30)27-21-8-12-22(13-9-21)37(32,33)28-14-2-3-15-28/h6-13,19,26H,2-5,14-18H2,1H3,(H,27,30)/t19-/m1/s1. The first kappa shape index (κ1) is 28.0. The maximum atomic E-state index is 13.0. The second kappa shape index (κ2) is 11.8. The minimum atomic E-state index is -3.77. The number of benzene rings is 2. The number of amides is 1. The van der Waals surface area contributed by atoms with E-state index in [1.54, 1.807) is 24.3 Å². The number of piperidine rings is 1. The number of carbonyl (C=O) groups excluding carboxylic acids is 2. The molecule has 0 aliphatic carbocycles. The van der Waals surface area contributed by atoms with Crippen LogP contribution in [0.2, 0.25) is 0 Å². The molecule has 0 spiro atoms. The van der Waals surface area contributed by atoms with Crippen molar-refractivity contribution in [3.8, 4) is 0 Å². The normalized spacial score (nSPS) is 19.1. The van der Waals surface area contributed by atoms with Crippen molar-refractivity contribution in [2.45, 2.75) is 35.5 Å². The lowest BCUT2D eigenvalue weighted by atomic mass is 10.0. The monoisotopic (exact) mass is 564 g/mol. The quantitative estimate of drug-likeness (QED) is 0.441. The molecule has 1 atom stereocenters. The first-order chi connectivity index (χ1) is 18.1. The van der Waals surface area contributed by atoms with Crippen molar-refractivity contribution in [1.29, 1.82) is 0 Å². The molecule has 2 heterocycles. The van der Waals surface area contributed by atoms with Gasteiger partial charge in [-0.1, -0.05) is 0 Å². The number of hydrogen-bond donors (Lipinski definition) is 2. The van der Waals surface area contributed by atoms with E-state index in [0.717, 1.165) is 12.8 Å². The van der Waals surface area contributed by atoms with Crippen LogP contribution in [0.3, 0.4) is 0 Å². The molecule has 0 unspecified atom stereocenters. The second-order valence-electron chi connectivity index (χ2n) is 9.29. The molecule has 0 bridgehead atoms. The van der Waals surface area contributed by atoms with Crippen molar-refractivity contribution in [2.75, 3.05) is 50.5 Å². The summed E-state index contributed by atoms with van der Waals surface area (Å²) in [6.45, 7) is 1.38. The molecular weight excluding hydrogens is 532 g/mol. The van der Waals surface area contributed by atoms with Gasteiger partial charge in [0.15, 0.2) is 0 Å². The zero-order valence-electron chi connectivity index (χ0n) is 21.1.